The smallest absolute Gasteiger partial charge is 0.261 e. The third-order valence-electron chi connectivity index (χ3n) is 2.69. The molecule has 0 aromatic heterocycles. The minimum atomic E-state index is -3.74. The van der Waals surface area contributed by atoms with Crippen molar-refractivity contribution in [1.82, 2.24) is 0 Å². The highest BCUT2D eigenvalue weighted by atomic mass is 79.9. The van der Waals surface area contributed by atoms with Crippen molar-refractivity contribution in [2.75, 3.05) is 6.61 Å². The Morgan fingerprint density at radius 2 is 2.10 bits per heavy atom. The van der Waals surface area contributed by atoms with Crippen LogP contribution >= 0.6 is 26.6 Å². The lowest BCUT2D eigenvalue weighted by molar-refractivity contribution is 0.282. The average molecular weight is 381 g/mol. The molecule has 1 aromatic carbocycles. The van der Waals surface area contributed by atoms with Gasteiger partial charge in [-0.05, 0) is 60.8 Å². The zero-order valence-electron chi connectivity index (χ0n) is 11.2. The Morgan fingerprint density at radius 1 is 1.45 bits per heavy atom. The molecule has 4 nitrogen and oxygen atoms in total. The van der Waals surface area contributed by atoms with Crippen LogP contribution in [0.25, 0.3) is 0 Å². The maximum atomic E-state index is 11.2. The zero-order valence-corrected chi connectivity index (χ0v) is 14.3. The first-order chi connectivity index (χ1) is 9.15. The SMILES string of the molecule is CC(C)(C#N)CCCOc1ccc(S(=O)(=O)Cl)cc1Br. The summed E-state index contributed by atoms with van der Waals surface area (Å²) < 4.78 is 28.4. The van der Waals surface area contributed by atoms with Crippen LogP contribution in [0.1, 0.15) is 26.7 Å². The fraction of sp³-hybridized carbons (Fsp3) is 0.462. The Hall–Kier alpha value is -0.770. The van der Waals surface area contributed by atoms with Crippen LogP contribution in [-0.4, -0.2) is 15.0 Å². The highest BCUT2D eigenvalue weighted by Crippen LogP contribution is 2.29. The number of nitrogens with zero attached hydrogens (tertiary/aromatic N) is 1. The maximum Gasteiger partial charge on any atom is 0.261 e. The van der Waals surface area contributed by atoms with Crippen molar-refractivity contribution >= 4 is 35.7 Å². The molecule has 0 fully saturated rings. The Balaban J connectivity index is 2.61. The molecule has 0 aliphatic heterocycles. The molecule has 0 unspecified atom stereocenters. The fourth-order valence-electron chi connectivity index (χ4n) is 1.50. The first kappa shape index (κ1) is 17.3. The number of halogens is 2. The molecule has 0 radical (unpaired) electrons. The van der Waals surface area contributed by atoms with Crippen molar-refractivity contribution in [3.63, 3.8) is 0 Å². The van der Waals surface area contributed by atoms with E-state index in [1.807, 2.05) is 13.8 Å². The third-order valence-corrected chi connectivity index (χ3v) is 4.66. The van der Waals surface area contributed by atoms with Crippen LogP contribution in [0.2, 0.25) is 0 Å². The normalized spacial score (nSPS) is 11.9. The van der Waals surface area contributed by atoms with Gasteiger partial charge in [0.2, 0.25) is 0 Å². The Kier molecular flexibility index (Phi) is 5.87. The lowest BCUT2D eigenvalue weighted by Gasteiger charge is -2.15. The molecule has 0 atom stereocenters. The van der Waals surface area contributed by atoms with Gasteiger partial charge in [-0.3, -0.25) is 0 Å². The van der Waals surface area contributed by atoms with Gasteiger partial charge in [0.05, 0.1) is 27.5 Å². The second-order valence-electron chi connectivity index (χ2n) is 4.98. The summed E-state index contributed by atoms with van der Waals surface area (Å²) in [7, 11) is 1.52. The van der Waals surface area contributed by atoms with Gasteiger partial charge in [-0.25, -0.2) is 8.42 Å². The Labute approximate surface area is 132 Å². The number of benzene rings is 1. The lowest BCUT2D eigenvalue weighted by Crippen LogP contribution is -2.10. The Morgan fingerprint density at radius 3 is 2.60 bits per heavy atom. The van der Waals surface area contributed by atoms with Crippen molar-refractivity contribution in [2.24, 2.45) is 5.41 Å². The predicted octanol–water partition coefficient (Wildman–Crippen LogP) is 4.09. The van der Waals surface area contributed by atoms with Crippen molar-refractivity contribution in [1.29, 1.82) is 5.26 Å². The summed E-state index contributed by atoms with van der Waals surface area (Å²) >= 11 is 3.24. The number of hydrogen-bond acceptors (Lipinski definition) is 4. The molecular formula is C13H15BrClNO3S. The summed E-state index contributed by atoms with van der Waals surface area (Å²) in [4.78, 5) is 0.0176. The summed E-state index contributed by atoms with van der Waals surface area (Å²) in [6.45, 7) is 4.21. The monoisotopic (exact) mass is 379 g/mol. The number of nitriles is 1. The molecular weight excluding hydrogens is 366 g/mol. The van der Waals surface area contributed by atoms with Crippen molar-refractivity contribution in [3.8, 4) is 11.8 Å². The largest absolute Gasteiger partial charge is 0.492 e. The van der Waals surface area contributed by atoms with Gasteiger partial charge in [-0.1, -0.05) is 0 Å². The predicted molar refractivity (Wildman–Crippen MR) is 81.3 cm³/mol. The number of hydrogen-bond donors (Lipinski definition) is 0. The molecule has 0 amide bonds. The Bertz CT molecular complexity index is 623. The highest BCUT2D eigenvalue weighted by molar-refractivity contribution is 9.10. The van der Waals surface area contributed by atoms with E-state index in [9.17, 15) is 8.42 Å². The molecule has 7 heteroatoms. The summed E-state index contributed by atoms with van der Waals surface area (Å²) in [5.74, 6) is 0.545. The maximum absolute atomic E-state index is 11.2. The summed E-state index contributed by atoms with van der Waals surface area (Å²) in [5.41, 5.74) is -0.364. The first-order valence-corrected chi connectivity index (χ1v) is 9.04. The van der Waals surface area contributed by atoms with Crippen LogP contribution in [0.4, 0.5) is 0 Å². The van der Waals surface area contributed by atoms with Gasteiger partial charge < -0.3 is 4.74 Å². The van der Waals surface area contributed by atoms with Gasteiger partial charge in [-0.2, -0.15) is 5.26 Å². The molecule has 110 valence electrons. The quantitative estimate of drug-likeness (QED) is 0.551. The molecule has 1 rings (SSSR count). The molecule has 0 saturated carbocycles. The van der Waals surface area contributed by atoms with E-state index in [1.165, 1.54) is 12.1 Å². The van der Waals surface area contributed by atoms with E-state index < -0.39 is 9.05 Å². The van der Waals surface area contributed by atoms with Gasteiger partial charge in [0.25, 0.3) is 9.05 Å². The third kappa shape index (κ3) is 5.31. The van der Waals surface area contributed by atoms with Crippen LogP contribution in [0.5, 0.6) is 5.75 Å². The van der Waals surface area contributed by atoms with Crippen LogP contribution in [-0.2, 0) is 9.05 Å². The molecule has 0 aliphatic rings. The van der Waals surface area contributed by atoms with E-state index in [2.05, 4.69) is 22.0 Å². The van der Waals surface area contributed by atoms with E-state index in [-0.39, 0.29) is 10.3 Å². The first-order valence-electron chi connectivity index (χ1n) is 5.94. The van der Waals surface area contributed by atoms with E-state index >= 15 is 0 Å². The molecule has 0 bridgehead atoms. The fourth-order valence-corrected chi connectivity index (χ4v) is 2.92. The topological polar surface area (TPSA) is 67.2 Å². The summed E-state index contributed by atoms with van der Waals surface area (Å²) in [6, 6.07) is 6.57. The molecule has 0 N–H and O–H groups in total. The summed E-state index contributed by atoms with van der Waals surface area (Å²) in [5, 5.41) is 8.89. The highest BCUT2D eigenvalue weighted by Gasteiger charge is 2.16. The van der Waals surface area contributed by atoms with Gasteiger partial charge in [0.15, 0.2) is 0 Å². The van der Waals surface area contributed by atoms with Crippen LogP contribution in [0.15, 0.2) is 27.6 Å². The van der Waals surface area contributed by atoms with Crippen molar-refractivity contribution in [3.05, 3.63) is 22.7 Å². The van der Waals surface area contributed by atoms with E-state index in [0.29, 0.717) is 16.8 Å². The average Bonchev–Trinajstić information content (AvgIpc) is 2.35. The minimum absolute atomic E-state index is 0.0176. The standard InChI is InChI=1S/C13H15BrClNO3S/c1-13(2,9-16)6-3-7-19-12-5-4-10(8-11(12)14)20(15,17)18/h4-5,8H,3,6-7H2,1-2H3. The van der Waals surface area contributed by atoms with Gasteiger partial charge in [-0.15, -0.1) is 0 Å². The molecule has 0 heterocycles. The van der Waals surface area contributed by atoms with Crippen molar-refractivity contribution < 1.29 is 13.2 Å². The van der Waals surface area contributed by atoms with Crippen molar-refractivity contribution in [2.45, 2.75) is 31.6 Å². The van der Waals surface area contributed by atoms with Gasteiger partial charge >= 0.3 is 0 Å². The minimum Gasteiger partial charge on any atom is -0.492 e. The molecule has 1 aromatic rings. The van der Waals surface area contributed by atoms with Gasteiger partial charge in [0, 0.05) is 10.7 Å². The molecule has 0 spiro atoms. The molecule has 0 aliphatic carbocycles. The second kappa shape index (κ2) is 6.79. The molecule has 0 saturated heterocycles. The van der Waals surface area contributed by atoms with Gasteiger partial charge in [0.1, 0.15) is 5.75 Å². The molecule has 20 heavy (non-hydrogen) atoms. The van der Waals surface area contributed by atoms with Crippen LogP contribution in [0, 0.1) is 16.7 Å². The number of rotatable bonds is 6. The van der Waals surface area contributed by atoms with E-state index in [0.717, 1.165) is 12.8 Å². The lowest BCUT2D eigenvalue weighted by atomic mass is 9.90. The zero-order chi connectivity index (χ0) is 15.4. The second-order valence-corrected chi connectivity index (χ2v) is 8.40. The van der Waals surface area contributed by atoms with Crippen LogP contribution < -0.4 is 4.74 Å². The van der Waals surface area contributed by atoms with Crippen LogP contribution in [0.3, 0.4) is 0 Å². The summed E-state index contributed by atoms with van der Waals surface area (Å²) in [6.07, 6.45) is 1.47. The van der Waals surface area contributed by atoms with E-state index in [4.69, 9.17) is 20.7 Å². The van der Waals surface area contributed by atoms with E-state index in [1.54, 1.807) is 6.07 Å². The number of ether oxygens (including phenoxy) is 1.